The van der Waals surface area contributed by atoms with Gasteiger partial charge < -0.3 is 5.11 Å². The summed E-state index contributed by atoms with van der Waals surface area (Å²) in [6.45, 7) is 4.45. The number of nitrogens with one attached hydrogen (secondary N) is 1. The molecule has 1 fully saturated rings. The van der Waals surface area contributed by atoms with E-state index >= 15 is 0 Å². The summed E-state index contributed by atoms with van der Waals surface area (Å²) in [5.74, 6) is -0.996. The molecule has 1 heterocycles. The van der Waals surface area contributed by atoms with Gasteiger partial charge in [-0.25, -0.2) is 4.79 Å². The molecule has 2 N–H and O–H groups in total. The first-order valence-corrected chi connectivity index (χ1v) is 5.79. The molecule has 0 amide bonds. The molecule has 0 spiro atoms. The van der Waals surface area contributed by atoms with Crippen molar-refractivity contribution in [1.82, 2.24) is 10.4 Å². The number of hydrogen-bond acceptors (Lipinski definition) is 5. The lowest BCUT2D eigenvalue weighted by atomic mass is 9.98. The monoisotopic (exact) mass is 241 g/mol. The highest BCUT2D eigenvalue weighted by atomic mass is 16.7. The summed E-state index contributed by atoms with van der Waals surface area (Å²) in [5.41, 5.74) is 2.75. The number of piperidine rings is 1. The molecule has 0 aromatic carbocycles. The smallest absolute Gasteiger partial charge is 0.331 e. The Kier molecular flexibility index (Phi) is 5.35. The molecule has 2 atom stereocenters. The van der Waals surface area contributed by atoms with Crippen molar-refractivity contribution in [2.75, 3.05) is 13.2 Å². The van der Waals surface area contributed by atoms with Gasteiger partial charge in [0.05, 0.1) is 12.1 Å². The molecule has 1 aliphatic heterocycles. The molecule has 0 radical (unpaired) electrons. The number of carbonyl (C=O) groups is 1. The van der Waals surface area contributed by atoms with Gasteiger partial charge in [0.15, 0.2) is 6.61 Å². The first-order valence-electron chi connectivity index (χ1n) is 5.79. The van der Waals surface area contributed by atoms with Crippen molar-refractivity contribution in [2.24, 2.45) is 0 Å². The zero-order valence-corrected chi connectivity index (χ0v) is 10.2. The zero-order valence-electron chi connectivity index (χ0n) is 10.2. The third-order valence-electron chi connectivity index (χ3n) is 2.88. The molecule has 0 bridgehead atoms. The molecule has 6 heteroatoms. The van der Waals surface area contributed by atoms with Crippen molar-refractivity contribution in [3.63, 3.8) is 0 Å². The summed E-state index contributed by atoms with van der Waals surface area (Å²) in [5, 5.41) is 17.5. The number of aliphatic carboxylic acids is 1. The molecule has 17 heavy (non-hydrogen) atoms. The van der Waals surface area contributed by atoms with Gasteiger partial charge in [-0.2, -0.15) is 10.7 Å². The molecule has 96 valence electrons. The molecular formula is C11H19N3O3. The normalized spacial score (nSPS) is 25.8. The average molecular weight is 241 g/mol. The van der Waals surface area contributed by atoms with Crippen LogP contribution in [0.2, 0.25) is 0 Å². The topological polar surface area (TPSA) is 85.6 Å². The van der Waals surface area contributed by atoms with Gasteiger partial charge in [-0.15, -0.1) is 0 Å². The number of nitriles is 1. The highest BCUT2D eigenvalue weighted by Crippen LogP contribution is 2.19. The van der Waals surface area contributed by atoms with E-state index in [4.69, 9.17) is 15.2 Å². The van der Waals surface area contributed by atoms with Gasteiger partial charge in [0.25, 0.3) is 0 Å². The van der Waals surface area contributed by atoms with Gasteiger partial charge in [-0.3, -0.25) is 9.74 Å². The van der Waals surface area contributed by atoms with Crippen LogP contribution in [0.25, 0.3) is 0 Å². The van der Waals surface area contributed by atoms with Crippen LogP contribution in [-0.4, -0.2) is 47.3 Å². The predicted octanol–water partition coefficient (Wildman–Crippen LogP) is 0.357. The van der Waals surface area contributed by atoms with Crippen LogP contribution in [0.15, 0.2) is 0 Å². The molecule has 0 saturated carbocycles. The first kappa shape index (κ1) is 13.9. The van der Waals surface area contributed by atoms with Gasteiger partial charge in [-0.1, -0.05) is 0 Å². The molecule has 6 nitrogen and oxygen atoms in total. The minimum Gasteiger partial charge on any atom is -0.479 e. The Morgan fingerprint density at radius 1 is 1.65 bits per heavy atom. The van der Waals surface area contributed by atoms with Crippen LogP contribution in [-0.2, 0) is 9.63 Å². The van der Waals surface area contributed by atoms with E-state index in [2.05, 4.69) is 16.4 Å². The molecule has 0 aliphatic carbocycles. The number of hydrogen-bond donors (Lipinski definition) is 2. The van der Waals surface area contributed by atoms with E-state index in [1.54, 1.807) is 0 Å². The maximum absolute atomic E-state index is 10.3. The van der Waals surface area contributed by atoms with Gasteiger partial charge in [0, 0.05) is 18.6 Å². The highest BCUT2D eigenvalue weighted by Gasteiger charge is 2.29. The Morgan fingerprint density at radius 2 is 2.35 bits per heavy atom. The van der Waals surface area contributed by atoms with Gasteiger partial charge in [0.1, 0.15) is 0 Å². The molecule has 1 aliphatic rings. The largest absolute Gasteiger partial charge is 0.479 e. The number of rotatable bonds is 5. The second-order valence-corrected chi connectivity index (χ2v) is 4.51. The van der Waals surface area contributed by atoms with Crippen LogP contribution in [0.4, 0.5) is 0 Å². The fourth-order valence-corrected chi connectivity index (χ4v) is 2.02. The molecule has 1 saturated heterocycles. The van der Waals surface area contributed by atoms with Crippen LogP contribution in [0, 0.1) is 11.3 Å². The van der Waals surface area contributed by atoms with E-state index in [1.165, 1.54) is 0 Å². The lowest BCUT2D eigenvalue weighted by Gasteiger charge is -2.38. The van der Waals surface area contributed by atoms with E-state index in [1.807, 2.05) is 13.8 Å². The van der Waals surface area contributed by atoms with Crippen molar-refractivity contribution >= 4 is 5.97 Å². The van der Waals surface area contributed by atoms with Gasteiger partial charge in [0.2, 0.25) is 0 Å². The quantitative estimate of drug-likeness (QED) is 0.676. The first-order chi connectivity index (χ1) is 8.04. The molecule has 0 aromatic heterocycles. The van der Waals surface area contributed by atoms with E-state index in [-0.39, 0.29) is 18.7 Å². The van der Waals surface area contributed by atoms with Gasteiger partial charge >= 0.3 is 5.97 Å². The van der Waals surface area contributed by atoms with Crippen LogP contribution < -0.4 is 5.48 Å². The summed E-state index contributed by atoms with van der Waals surface area (Å²) in [6.07, 6.45) is 1.60. The van der Waals surface area contributed by atoms with E-state index in [0.717, 1.165) is 12.8 Å². The van der Waals surface area contributed by atoms with Crippen LogP contribution >= 0.6 is 0 Å². The third kappa shape index (κ3) is 4.30. The van der Waals surface area contributed by atoms with Crippen molar-refractivity contribution in [1.29, 1.82) is 5.26 Å². The Morgan fingerprint density at radius 3 is 2.88 bits per heavy atom. The molecular weight excluding hydrogens is 222 g/mol. The second kappa shape index (κ2) is 6.55. The Bertz CT molecular complexity index is 301. The van der Waals surface area contributed by atoms with Crippen LogP contribution in [0.3, 0.4) is 0 Å². The zero-order chi connectivity index (χ0) is 12.8. The molecule has 1 unspecified atom stereocenters. The van der Waals surface area contributed by atoms with E-state index < -0.39 is 5.97 Å². The summed E-state index contributed by atoms with van der Waals surface area (Å²) >= 11 is 0. The highest BCUT2D eigenvalue weighted by molar-refractivity contribution is 5.67. The minimum atomic E-state index is -0.996. The summed E-state index contributed by atoms with van der Waals surface area (Å²) in [7, 11) is 0. The van der Waals surface area contributed by atoms with E-state index in [0.29, 0.717) is 12.6 Å². The number of carboxylic acid groups (broad SMARTS) is 1. The summed E-state index contributed by atoms with van der Waals surface area (Å²) < 4.78 is 0. The average Bonchev–Trinajstić information content (AvgIpc) is 2.28. The Hall–Kier alpha value is -1.16. The maximum Gasteiger partial charge on any atom is 0.331 e. The Labute approximate surface area is 101 Å². The summed E-state index contributed by atoms with van der Waals surface area (Å²) in [6, 6.07) is 2.62. The Balaban J connectivity index is 2.40. The van der Waals surface area contributed by atoms with Crippen molar-refractivity contribution < 1.29 is 14.7 Å². The number of hydroxylamine groups is 1. The van der Waals surface area contributed by atoms with Crippen molar-refractivity contribution in [2.45, 2.75) is 44.8 Å². The SMILES string of the molecule is CC(C)N1CC(NOCC(=O)O)CC[C@H]1C#N. The maximum atomic E-state index is 10.3. The lowest BCUT2D eigenvalue weighted by molar-refractivity contribution is -0.146. The van der Waals surface area contributed by atoms with Gasteiger partial charge in [-0.05, 0) is 26.7 Å². The van der Waals surface area contributed by atoms with Crippen LogP contribution in [0.5, 0.6) is 0 Å². The fourth-order valence-electron chi connectivity index (χ4n) is 2.02. The second-order valence-electron chi connectivity index (χ2n) is 4.51. The third-order valence-corrected chi connectivity index (χ3v) is 2.88. The number of nitrogens with zero attached hydrogens (tertiary/aromatic N) is 2. The standard InChI is InChI=1S/C11H19N3O3/c1-8(2)14-6-9(3-4-10(14)5-12)13-17-7-11(15)16/h8-10,13H,3-4,6-7H2,1-2H3,(H,15,16)/t9?,10-/m0/s1. The van der Waals surface area contributed by atoms with Crippen molar-refractivity contribution in [3.8, 4) is 6.07 Å². The minimum absolute atomic E-state index is 0.0486. The van der Waals surface area contributed by atoms with Crippen molar-refractivity contribution in [3.05, 3.63) is 0 Å². The number of likely N-dealkylation sites (tertiary alicyclic amines) is 1. The predicted molar refractivity (Wildman–Crippen MR) is 61.0 cm³/mol. The fraction of sp³-hybridized carbons (Fsp3) is 0.818. The number of carboxylic acids is 1. The van der Waals surface area contributed by atoms with E-state index in [9.17, 15) is 4.79 Å². The molecule has 1 rings (SSSR count). The molecule has 0 aromatic rings. The van der Waals surface area contributed by atoms with Crippen LogP contribution in [0.1, 0.15) is 26.7 Å². The lowest BCUT2D eigenvalue weighted by Crippen LogP contribution is -2.52. The summed E-state index contributed by atoms with van der Waals surface area (Å²) in [4.78, 5) is 17.3.